The quantitative estimate of drug-likeness (QED) is 0.235. The van der Waals surface area contributed by atoms with Crippen LogP contribution in [0.4, 0.5) is 0 Å². The Kier molecular flexibility index (Phi) is 12.8. The van der Waals surface area contributed by atoms with Crippen molar-refractivity contribution in [3.8, 4) is 22.5 Å². The number of nitrogens with zero attached hydrogens (tertiary/aromatic N) is 2. The van der Waals surface area contributed by atoms with Crippen LogP contribution in [0.3, 0.4) is 0 Å². The van der Waals surface area contributed by atoms with Crippen molar-refractivity contribution in [1.29, 1.82) is 0 Å². The number of pyridine rings is 2. The van der Waals surface area contributed by atoms with Crippen molar-refractivity contribution in [2.45, 2.75) is 13.8 Å². The van der Waals surface area contributed by atoms with Gasteiger partial charge in [-0.2, -0.15) is 0 Å². The second-order valence-corrected chi connectivity index (χ2v) is 6.53. The second-order valence-electron chi connectivity index (χ2n) is 6.53. The molecule has 32 heavy (non-hydrogen) atoms. The molecule has 0 aliphatic rings. The summed E-state index contributed by atoms with van der Waals surface area (Å²) in [5, 5.41) is 9.98. The van der Waals surface area contributed by atoms with Gasteiger partial charge >= 0.3 is 0 Å². The summed E-state index contributed by atoms with van der Waals surface area (Å²) >= 11 is 0. The van der Waals surface area contributed by atoms with Crippen LogP contribution in [0.1, 0.15) is 13.8 Å². The zero-order chi connectivity index (χ0) is 22.3. The van der Waals surface area contributed by atoms with E-state index in [0.717, 1.165) is 28.6 Å². The number of allylic oxidation sites excluding steroid dienone is 2. The normalized spacial score (nSPS) is 9.75. The molecule has 2 aromatic heterocycles. The summed E-state index contributed by atoms with van der Waals surface area (Å²) in [5.41, 5.74) is 4.38. The van der Waals surface area contributed by atoms with Gasteiger partial charge < -0.3 is 5.11 Å². The van der Waals surface area contributed by atoms with Gasteiger partial charge in [-0.3, -0.25) is 14.8 Å². The van der Waals surface area contributed by atoms with E-state index in [1.807, 2.05) is 85.2 Å². The number of carbonyl (C=O) groups is 1. The van der Waals surface area contributed by atoms with Crippen LogP contribution in [-0.2, 0) is 24.9 Å². The van der Waals surface area contributed by atoms with E-state index in [2.05, 4.69) is 34.2 Å². The molecule has 4 rings (SSSR count). The smallest absolute Gasteiger partial charge is 0.151 e. The van der Waals surface area contributed by atoms with Crippen molar-refractivity contribution < 1.29 is 30.0 Å². The summed E-state index contributed by atoms with van der Waals surface area (Å²) in [4.78, 5) is 18.5. The van der Waals surface area contributed by atoms with Gasteiger partial charge in [0.05, 0.1) is 11.4 Å². The topological polar surface area (TPSA) is 65.9 Å². The summed E-state index contributed by atoms with van der Waals surface area (Å²) < 4.78 is 0. The Morgan fingerprint density at radius 3 is 1.28 bits per heavy atom. The Balaban J connectivity index is 0.000000246. The van der Waals surface area contributed by atoms with E-state index in [9.17, 15) is 9.90 Å². The third kappa shape index (κ3) is 10.6. The maximum atomic E-state index is 9.98. The fourth-order valence-corrected chi connectivity index (χ4v) is 2.57. The van der Waals surface area contributed by atoms with E-state index in [-0.39, 0.29) is 31.6 Å². The number of aromatic nitrogens is 2. The zero-order valence-electron chi connectivity index (χ0n) is 18.0. The summed E-state index contributed by atoms with van der Waals surface area (Å²) in [6, 6.07) is 32.2. The first-order chi connectivity index (χ1) is 15.1. The van der Waals surface area contributed by atoms with E-state index in [0.29, 0.717) is 0 Å². The molecule has 0 spiro atoms. The molecule has 4 aromatic rings. The van der Waals surface area contributed by atoms with Gasteiger partial charge in [0.2, 0.25) is 0 Å². The van der Waals surface area contributed by atoms with Gasteiger partial charge in [-0.05, 0) is 37.3 Å². The van der Waals surface area contributed by atoms with Gasteiger partial charge in [0.1, 0.15) is 0 Å². The van der Waals surface area contributed by atoms with Crippen LogP contribution >= 0.6 is 0 Å². The molecule has 0 amide bonds. The van der Waals surface area contributed by atoms with Crippen molar-refractivity contribution in [1.82, 2.24) is 9.97 Å². The third-order valence-electron chi connectivity index (χ3n) is 3.88. The van der Waals surface area contributed by atoms with Crippen LogP contribution in [-0.4, -0.2) is 15.8 Å². The minimum Gasteiger partial charge on any atom is -0.876 e. The van der Waals surface area contributed by atoms with Gasteiger partial charge in [-0.15, -0.1) is 5.76 Å². The fraction of sp³-hybridized carbons (Fsp3) is 0.0741. The zero-order valence-corrected chi connectivity index (χ0v) is 20.4. The molecule has 0 aliphatic carbocycles. The first-order valence-corrected chi connectivity index (χ1v) is 9.85. The predicted molar refractivity (Wildman–Crippen MR) is 124 cm³/mol. The molecule has 5 heteroatoms. The Morgan fingerprint density at radius 2 is 1.03 bits per heavy atom. The maximum absolute atomic E-state index is 9.98. The average molecular weight is 602 g/mol. The van der Waals surface area contributed by atoms with E-state index in [1.54, 1.807) is 0 Å². The third-order valence-corrected chi connectivity index (χ3v) is 3.88. The molecule has 0 unspecified atom stereocenters. The number of carbonyl (C=O) groups excluding carboxylic acids is 1. The van der Waals surface area contributed by atoms with Crippen LogP contribution < -0.4 is 5.11 Å². The SMILES string of the molecule is CC(=O)/C=C(/C)[O-].[Ir].c1ccc(-c2ccccn2)cc1.c1ccc(-c2ccccn2)cc1. The van der Waals surface area contributed by atoms with Crippen molar-refractivity contribution >= 4 is 5.78 Å². The molecule has 165 valence electrons. The molecule has 0 N–H and O–H groups in total. The van der Waals surface area contributed by atoms with E-state index < -0.39 is 0 Å². The minimum absolute atomic E-state index is 0. The van der Waals surface area contributed by atoms with Crippen LogP contribution in [0, 0.1) is 0 Å². The Bertz CT molecular complexity index is 902. The molecular formula is C27H25IrN2O2-. The largest absolute Gasteiger partial charge is 0.876 e. The van der Waals surface area contributed by atoms with Crippen molar-refractivity contribution in [2.24, 2.45) is 0 Å². The van der Waals surface area contributed by atoms with Gasteiger partial charge in [-0.25, -0.2) is 0 Å². The van der Waals surface area contributed by atoms with Gasteiger partial charge in [-0.1, -0.05) is 79.7 Å². The second kappa shape index (κ2) is 15.4. The van der Waals surface area contributed by atoms with Gasteiger partial charge in [0.25, 0.3) is 0 Å². The molecule has 0 aliphatic heterocycles. The molecule has 0 saturated heterocycles. The molecule has 0 saturated carbocycles. The number of hydrogen-bond acceptors (Lipinski definition) is 4. The van der Waals surface area contributed by atoms with Gasteiger partial charge in [0.15, 0.2) is 5.78 Å². The van der Waals surface area contributed by atoms with Crippen LogP contribution in [0.2, 0.25) is 0 Å². The monoisotopic (exact) mass is 602 g/mol. The average Bonchev–Trinajstić information content (AvgIpc) is 2.81. The van der Waals surface area contributed by atoms with Crippen molar-refractivity contribution in [3.63, 3.8) is 0 Å². The molecule has 0 fully saturated rings. The molecule has 2 heterocycles. The minimum atomic E-state index is -0.187. The number of hydrogen-bond donors (Lipinski definition) is 0. The van der Waals surface area contributed by atoms with Crippen molar-refractivity contribution in [3.05, 3.63) is 121 Å². The van der Waals surface area contributed by atoms with Gasteiger partial charge in [0, 0.05) is 43.6 Å². The Hall–Kier alpha value is -3.40. The summed E-state index contributed by atoms with van der Waals surface area (Å²) in [5.74, 6) is -0.375. The first kappa shape index (κ1) is 26.6. The molecule has 2 aromatic carbocycles. The molecule has 4 nitrogen and oxygen atoms in total. The van der Waals surface area contributed by atoms with E-state index >= 15 is 0 Å². The number of ketones is 1. The first-order valence-electron chi connectivity index (χ1n) is 9.85. The molecule has 1 radical (unpaired) electrons. The predicted octanol–water partition coefficient (Wildman–Crippen LogP) is 5.33. The Labute approximate surface area is 203 Å². The summed E-state index contributed by atoms with van der Waals surface area (Å²) in [6.45, 7) is 2.70. The van der Waals surface area contributed by atoms with E-state index in [1.165, 1.54) is 13.8 Å². The molecular weight excluding hydrogens is 577 g/mol. The van der Waals surface area contributed by atoms with Crippen LogP contribution in [0.25, 0.3) is 22.5 Å². The maximum Gasteiger partial charge on any atom is 0.151 e. The van der Waals surface area contributed by atoms with Crippen LogP contribution in [0.5, 0.6) is 0 Å². The summed E-state index contributed by atoms with van der Waals surface area (Å²) in [7, 11) is 0. The fourth-order valence-electron chi connectivity index (χ4n) is 2.57. The standard InChI is InChI=1S/2C11H9N.C5H8O2.Ir/c2*1-2-6-10(7-3-1)11-8-4-5-9-12-11;1-4(6)3-5(2)7;/h2*1-9H;3,6H,1-2H3;/p-1/b;;4-3-;. The molecule has 0 bridgehead atoms. The summed E-state index contributed by atoms with van der Waals surface area (Å²) in [6.07, 6.45) is 4.67. The molecule has 0 atom stereocenters. The number of rotatable bonds is 3. The van der Waals surface area contributed by atoms with Crippen LogP contribution in [0.15, 0.2) is 121 Å². The van der Waals surface area contributed by atoms with E-state index in [4.69, 9.17) is 0 Å². The number of benzene rings is 2. The Morgan fingerprint density at radius 1 is 0.656 bits per heavy atom. The van der Waals surface area contributed by atoms with Crippen molar-refractivity contribution in [2.75, 3.05) is 0 Å².